The molecule has 0 aliphatic carbocycles. The number of aromatic nitrogens is 3. The predicted octanol–water partition coefficient (Wildman–Crippen LogP) is 2.11. The van der Waals surface area contributed by atoms with Crippen molar-refractivity contribution >= 4 is 16.0 Å². The van der Waals surface area contributed by atoms with E-state index in [1.807, 2.05) is 0 Å². The maximum absolute atomic E-state index is 12.6. The highest BCUT2D eigenvalue weighted by Gasteiger charge is 2.30. The fourth-order valence-electron chi connectivity index (χ4n) is 1.66. The van der Waals surface area contributed by atoms with Crippen LogP contribution >= 0.6 is 0 Å². The van der Waals surface area contributed by atoms with Crippen LogP contribution in [0.2, 0.25) is 0 Å². The second-order valence-corrected chi connectivity index (χ2v) is 6.48. The van der Waals surface area contributed by atoms with Gasteiger partial charge in [-0.1, -0.05) is 12.1 Å². The van der Waals surface area contributed by atoms with Crippen molar-refractivity contribution in [2.75, 3.05) is 10.5 Å². The quantitative estimate of drug-likeness (QED) is 0.908. The van der Waals surface area contributed by atoms with Gasteiger partial charge < -0.3 is 0 Å². The lowest BCUT2D eigenvalue weighted by molar-refractivity contribution is -0.137. The topological polar surface area (TPSA) is 76.9 Å². The summed E-state index contributed by atoms with van der Waals surface area (Å²) < 4.78 is 64.0. The van der Waals surface area contributed by atoms with E-state index in [2.05, 4.69) is 14.8 Å². The zero-order valence-corrected chi connectivity index (χ0v) is 12.3. The second kappa shape index (κ2) is 5.95. The van der Waals surface area contributed by atoms with E-state index < -0.39 is 21.8 Å². The van der Waals surface area contributed by atoms with Crippen LogP contribution < -0.4 is 4.72 Å². The molecule has 120 valence electrons. The van der Waals surface area contributed by atoms with Crippen molar-refractivity contribution in [1.82, 2.24) is 14.8 Å². The third kappa shape index (κ3) is 4.20. The molecular formula is C12H13F3N4O2S. The van der Waals surface area contributed by atoms with Crippen LogP contribution in [-0.4, -0.2) is 28.9 Å². The minimum atomic E-state index is -4.42. The molecule has 22 heavy (non-hydrogen) atoms. The van der Waals surface area contributed by atoms with Crippen molar-refractivity contribution in [3.05, 3.63) is 41.7 Å². The molecule has 0 fully saturated rings. The summed E-state index contributed by atoms with van der Waals surface area (Å²) in [6.45, 7) is 1.51. The summed E-state index contributed by atoms with van der Waals surface area (Å²) in [5, 5.41) is 3.86. The number of benzene rings is 1. The molecule has 0 spiro atoms. The Hall–Kier alpha value is -2.10. The highest BCUT2D eigenvalue weighted by atomic mass is 32.2. The Bertz CT molecular complexity index is 756. The highest BCUT2D eigenvalue weighted by molar-refractivity contribution is 7.92. The van der Waals surface area contributed by atoms with Gasteiger partial charge in [-0.25, -0.2) is 17.8 Å². The zero-order valence-electron chi connectivity index (χ0n) is 11.5. The number of rotatable bonds is 5. The van der Waals surface area contributed by atoms with Crippen molar-refractivity contribution in [3.8, 4) is 0 Å². The van der Waals surface area contributed by atoms with Gasteiger partial charge in [-0.05, 0) is 24.6 Å². The third-order valence-electron chi connectivity index (χ3n) is 2.76. The second-order valence-electron chi connectivity index (χ2n) is 4.47. The first-order valence-electron chi connectivity index (χ1n) is 6.25. The van der Waals surface area contributed by atoms with Crippen LogP contribution in [0.3, 0.4) is 0 Å². The smallest absolute Gasteiger partial charge is 0.250 e. The van der Waals surface area contributed by atoms with Crippen molar-refractivity contribution in [3.63, 3.8) is 0 Å². The van der Waals surface area contributed by atoms with E-state index in [1.165, 1.54) is 30.1 Å². The first-order chi connectivity index (χ1) is 10.2. The number of hydrogen-bond donors (Lipinski definition) is 1. The number of nitrogens with zero attached hydrogens (tertiary/aromatic N) is 3. The molecule has 0 radical (unpaired) electrons. The average molecular weight is 334 g/mol. The summed E-state index contributed by atoms with van der Waals surface area (Å²) in [6, 6.07) is 4.81. The Balaban J connectivity index is 2.14. The highest BCUT2D eigenvalue weighted by Crippen LogP contribution is 2.29. The number of sulfonamides is 1. The number of alkyl halides is 3. The molecular weight excluding hydrogens is 321 g/mol. The molecule has 0 aliphatic rings. The van der Waals surface area contributed by atoms with Crippen LogP contribution in [0.4, 0.5) is 19.1 Å². The van der Waals surface area contributed by atoms with E-state index in [0.717, 1.165) is 12.1 Å². The standard InChI is InChI=1S/C12H13F3N4O2S/c1-2-22(20,21)18-11-16-8-19(17-11)7-9-4-3-5-10(6-9)12(13,14)15/h3-6,8H,2,7H2,1H3,(H,17,18). The van der Waals surface area contributed by atoms with Crippen molar-refractivity contribution in [2.45, 2.75) is 19.6 Å². The number of nitrogens with one attached hydrogen (secondary N) is 1. The van der Waals surface area contributed by atoms with E-state index in [1.54, 1.807) is 0 Å². The Morgan fingerprint density at radius 2 is 2.05 bits per heavy atom. The molecule has 10 heteroatoms. The molecule has 0 bridgehead atoms. The molecule has 1 N–H and O–H groups in total. The Labute approximate surface area is 125 Å². The lowest BCUT2D eigenvalue weighted by atomic mass is 10.1. The maximum Gasteiger partial charge on any atom is 0.416 e. The van der Waals surface area contributed by atoms with Gasteiger partial charge >= 0.3 is 6.18 Å². The number of anilines is 1. The molecule has 1 aromatic carbocycles. The maximum atomic E-state index is 12.6. The minimum absolute atomic E-state index is 0.0464. The van der Waals surface area contributed by atoms with Crippen molar-refractivity contribution < 1.29 is 21.6 Å². The monoisotopic (exact) mass is 334 g/mol. The molecule has 0 unspecified atom stereocenters. The molecule has 0 saturated heterocycles. The average Bonchev–Trinajstić information content (AvgIpc) is 2.84. The summed E-state index contributed by atoms with van der Waals surface area (Å²) in [6.07, 6.45) is -3.17. The fourth-order valence-corrected chi connectivity index (χ4v) is 2.18. The Morgan fingerprint density at radius 1 is 1.32 bits per heavy atom. The van der Waals surface area contributed by atoms with Crippen LogP contribution in [0.15, 0.2) is 30.6 Å². The SMILES string of the molecule is CCS(=O)(=O)Nc1ncn(Cc2cccc(C(F)(F)F)c2)n1. The Kier molecular flexibility index (Phi) is 4.40. The van der Waals surface area contributed by atoms with E-state index in [4.69, 9.17) is 0 Å². The van der Waals surface area contributed by atoms with Crippen LogP contribution in [-0.2, 0) is 22.7 Å². The molecule has 2 rings (SSSR count). The van der Waals surface area contributed by atoms with Gasteiger partial charge in [0, 0.05) is 0 Å². The van der Waals surface area contributed by atoms with Gasteiger partial charge in [0.1, 0.15) is 6.33 Å². The van der Waals surface area contributed by atoms with Crippen LogP contribution in [0, 0.1) is 0 Å². The van der Waals surface area contributed by atoms with Gasteiger partial charge in [-0.15, -0.1) is 5.10 Å². The van der Waals surface area contributed by atoms with Crippen LogP contribution in [0.25, 0.3) is 0 Å². The van der Waals surface area contributed by atoms with Gasteiger partial charge in [-0.3, -0.25) is 0 Å². The van der Waals surface area contributed by atoms with Crippen LogP contribution in [0.1, 0.15) is 18.1 Å². The van der Waals surface area contributed by atoms with Crippen molar-refractivity contribution in [1.29, 1.82) is 0 Å². The molecule has 1 aromatic heterocycles. The molecule has 2 aromatic rings. The van der Waals surface area contributed by atoms with Gasteiger partial charge in [0.25, 0.3) is 5.95 Å². The lowest BCUT2D eigenvalue weighted by Crippen LogP contribution is -2.16. The number of hydrogen-bond acceptors (Lipinski definition) is 4. The molecule has 6 nitrogen and oxygen atoms in total. The third-order valence-corrected chi connectivity index (χ3v) is 4.02. The first kappa shape index (κ1) is 16.3. The molecule has 0 aliphatic heterocycles. The van der Waals surface area contributed by atoms with E-state index in [9.17, 15) is 21.6 Å². The van der Waals surface area contributed by atoms with E-state index in [-0.39, 0.29) is 18.2 Å². The largest absolute Gasteiger partial charge is 0.416 e. The molecule has 0 amide bonds. The summed E-state index contributed by atoms with van der Waals surface area (Å²) in [4.78, 5) is 3.76. The number of halogens is 3. The normalized spacial score (nSPS) is 12.4. The summed E-state index contributed by atoms with van der Waals surface area (Å²) in [7, 11) is -3.50. The predicted molar refractivity (Wildman–Crippen MR) is 73.7 cm³/mol. The summed E-state index contributed by atoms with van der Waals surface area (Å²) in [5.74, 6) is -0.247. The van der Waals surface area contributed by atoms with Gasteiger partial charge in [0.2, 0.25) is 10.0 Å². The first-order valence-corrected chi connectivity index (χ1v) is 7.91. The molecule has 1 heterocycles. The van der Waals surface area contributed by atoms with Crippen molar-refractivity contribution in [2.24, 2.45) is 0 Å². The zero-order chi connectivity index (χ0) is 16.4. The lowest BCUT2D eigenvalue weighted by Gasteiger charge is -2.08. The van der Waals surface area contributed by atoms with E-state index >= 15 is 0 Å². The van der Waals surface area contributed by atoms with E-state index in [0.29, 0.717) is 5.56 Å². The molecule has 0 saturated carbocycles. The van der Waals surface area contributed by atoms with Gasteiger partial charge in [0.05, 0.1) is 17.9 Å². The summed E-state index contributed by atoms with van der Waals surface area (Å²) in [5.41, 5.74) is -0.373. The molecule has 0 atom stereocenters. The van der Waals surface area contributed by atoms with Gasteiger partial charge in [-0.2, -0.15) is 18.2 Å². The van der Waals surface area contributed by atoms with Gasteiger partial charge in [0.15, 0.2) is 0 Å². The minimum Gasteiger partial charge on any atom is -0.250 e. The fraction of sp³-hybridized carbons (Fsp3) is 0.333. The van der Waals surface area contributed by atoms with Crippen LogP contribution in [0.5, 0.6) is 0 Å². The Morgan fingerprint density at radius 3 is 2.68 bits per heavy atom. The summed E-state index contributed by atoms with van der Waals surface area (Å²) >= 11 is 0.